The second-order valence-electron chi connectivity index (χ2n) is 6.29. The largest absolute Gasteiger partial charge is 0.389 e. The summed E-state index contributed by atoms with van der Waals surface area (Å²) >= 11 is 2.95. The first-order chi connectivity index (χ1) is 13.6. The van der Waals surface area contributed by atoms with Gasteiger partial charge in [0.1, 0.15) is 10.6 Å². The lowest BCUT2D eigenvalue weighted by Crippen LogP contribution is -2.29. The normalized spacial score (nSPS) is 12.5. The van der Waals surface area contributed by atoms with Gasteiger partial charge in [0, 0.05) is 15.8 Å². The van der Waals surface area contributed by atoms with E-state index in [0.29, 0.717) is 16.8 Å². The van der Waals surface area contributed by atoms with Crippen LogP contribution in [0.5, 0.6) is 0 Å². The monoisotopic (exact) mass is 416 g/mol. The van der Waals surface area contributed by atoms with Crippen molar-refractivity contribution < 1.29 is 14.2 Å². The summed E-state index contributed by atoms with van der Waals surface area (Å²) in [5, 5.41) is 14.5. The van der Waals surface area contributed by atoms with Gasteiger partial charge in [-0.15, -0.1) is 22.7 Å². The average molecular weight is 416 g/mol. The molecule has 0 amide bonds. The molecule has 1 atom stereocenters. The number of nitrogens with zero attached hydrogens (tertiary/aromatic N) is 2. The van der Waals surface area contributed by atoms with E-state index < -0.39 is 6.10 Å². The molecule has 4 aromatic rings. The summed E-state index contributed by atoms with van der Waals surface area (Å²) in [6, 6.07) is 9.92. The second kappa shape index (κ2) is 8.32. The van der Waals surface area contributed by atoms with Crippen molar-refractivity contribution in [2.24, 2.45) is 0 Å². The Balaban J connectivity index is 1.53. The molecule has 0 radical (unpaired) electrons. The second-order valence-corrected chi connectivity index (χ2v) is 8.18. The molecule has 144 valence electrons. The fraction of sp³-hybridized carbons (Fsp3) is 0.200. The molecule has 1 N–H and O–H groups in total. The fourth-order valence-corrected chi connectivity index (χ4v) is 4.46. The Morgan fingerprint density at radius 1 is 1.21 bits per heavy atom. The topological polar surface area (TPSA) is 64.4 Å². The van der Waals surface area contributed by atoms with Crippen LogP contribution in [0.25, 0.3) is 21.3 Å². The van der Waals surface area contributed by atoms with Crippen molar-refractivity contribution in [1.82, 2.24) is 9.55 Å². The maximum absolute atomic E-state index is 13.2. The van der Waals surface area contributed by atoms with Gasteiger partial charge in [0.25, 0.3) is 5.56 Å². The molecule has 28 heavy (non-hydrogen) atoms. The maximum Gasteiger partial charge on any atom is 0.262 e. The number of aliphatic hydroxyl groups excluding tert-OH is 1. The number of aromatic nitrogens is 2. The van der Waals surface area contributed by atoms with Crippen LogP contribution in [0.4, 0.5) is 4.39 Å². The lowest BCUT2D eigenvalue weighted by Gasteiger charge is -2.13. The van der Waals surface area contributed by atoms with Gasteiger partial charge in [-0.2, -0.15) is 0 Å². The molecular formula is C20H17FN2O3S2. The van der Waals surface area contributed by atoms with Crippen LogP contribution in [0, 0.1) is 5.82 Å². The standard InChI is InChI=1S/C20H17FN2O3S2/c21-14-5-3-13(4-6-14)17-11-28-19-18(17)20(25)23(12-22-19)8-15(24)9-26-10-16-2-1-7-27-16/h1-7,11-12,15,24H,8-10H2. The van der Waals surface area contributed by atoms with Gasteiger partial charge in [-0.05, 0) is 29.1 Å². The molecule has 1 aromatic carbocycles. The van der Waals surface area contributed by atoms with Crippen LogP contribution in [-0.2, 0) is 17.9 Å². The Kier molecular flexibility index (Phi) is 5.63. The number of halogens is 1. The molecule has 4 rings (SSSR count). The molecule has 0 aliphatic rings. The molecule has 1 unspecified atom stereocenters. The van der Waals surface area contributed by atoms with Gasteiger partial charge in [-0.25, -0.2) is 9.37 Å². The molecule has 3 heterocycles. The van der Waals surface area contributed by atoms with E-state index in [4.69, 9.17) is 4.74 Å². The van der Waals surface area contributed by atoms with Crippen molar-refractivity contribution in [1.29, 1.82) is 0 Å². The van der Waals surface area contributed by atoms with Crippen molar-refractivity contribution in [2.75, 3.05) is 6.61 Å². The number of ether oxygens (including phenoxy) is 1. The van der Waals surface area contributed by atoms with E-state index in [0.717, 1.165) is 16.0 Å². The third-order valence-electron chi connectivity index (χ3n) is 4.26. The van der Waals surface area contributed by atoms with E-state index in [2.05, 4.69) is 4.98 Å². The van der Waals surface area contributed by atoms with E-state index in [1.807, 2.05) is 22.9 Å². The highest BCUT2D eigenvalue weighted by atomic mass is 32.1. The molecule has 3 aromatic heterocycles. The summed E-state index contributed by atoms with van der Waals surface area (Å²) in [5.74, 6) is -0.329. The summed E-state index contributed by atoms with van der Waals surface area (Å²) in [5.41, 5.74) is 1.24. The Hall–Kier alpha value is -2.39. The Morgan fingerprint density at radius 3 is 2.79 bits per heavy atom. The minimum Gasteiger partial charge on any atom is -0.389 e. The third-order valence-corrected chi connectivity index (χ3v) is 5.99. The predicted molar refractivity (Wildman–Crippen MR) is 109 cm³/mol. The van der Waals surface area contributed by atoms with Crippen LogP contribution in [0.2, 0.25) is 0 Å². The van der Waals surface area contributed by atoms with Crippen LogP contribution in [0.15, 0.2) is 58.3 Å². The zero-order chi connectivity index (χ0) is 19.5. The van der Waals surface area contributed by atoms with Gasteiger partial charge in [0.05, 0.1) is 37.6 Å². The number of fused-ring (bicyclic) bond motifs is 1. The molecule has 0 aliphatic carbocycles. The molecule has 0 fully saturated rings. The first-order valence-electron chi connectivity index (χ1n) is 8.62. The number of thiophene rings is 2. The van der Waals surface area contributed by atoms with Gasteiger partial charge < -0.3 is 9.84 Å². The number of rotatable bonds is 7. The first kappa shape index (κ1) is 18.9. The van der Waals surface area contributed by atoms with Gasteiger partial charge in [-0.1, -0.05) is 18.2 Å². The first-order valence-corrected chi connectivity index (χ1v) is 10.4. The predicted octanol–water partition coefficient (Wildman–Crippen LogP) is 3.90. The summed E-state index contributed by atoms with van der Waals surface area (Å²) in [7, 11) is 0. The number of aliphatic hydroxyl groups is 1. The lowest BCUT2D eigenvalue weighted by molar-refractivity contribution is 0.0207. The summed E-state index contributed by atoms with van der Waals surface area (Å²) in [6.45, 7) is 0.641. The van der Waals surface area contributed by atoms with Crippen molar-refractivity contribution in [3.63, 3.8) is 0 Å². The Morgan fingerprint density at radius 2 is 2.04 bits per heavy atom. The quantitative estimate of drug-likeness (QED) is 0.496. The summed E-state index contributed by atoms with van der Waals surface area (Å²) < 4.78 is 20.1. The van der Waals surface area contributed by atoms with Crippen LogP contribution in [0.1, 0.15) is 4.88 Å². The van der Waals surface area contributed by atoms with Gasteiger partial charge in [0.15, 0.2) is 0 Å². The van der Waals surface area contributed by atoms with Crippen LogP contribution in [0.3, 0.4) is 0 Å². The molecule has 0 bridgehead atoms. The zero-order valence-corrected chi connectivity index (χ0v) is 16.4. The third kappa shape index (κ3) is 4.05. The molecule has 0 spiro atoms. The SMILES string of the molecule is O=c1c2c(-c3ccc(F)cc3)csc2ncn1CC(O)COCc1cccs1. The number of benzene rings is 1. The van der Waals surface area contributed by atoms with Gasteiger partial charge in [-0.3, -0.25) is 9.36 Å². The Labute approximate surface area is 168 Å². The van der Waals surface area contributed by atoms with Gasteiger partial charge >= 0.3 is 0 Å². The fourth-order valence-electron chi connectivity index (χ4n) is 2.91. The molecule has 8 heteroatoms. The highest BCUT2D eigenvalue weighted by Crippen LogP contribution is 2.30. The lowest BCUT2D eigenvalue weighted by atomic mass is 10.1. The molecule has 5 nitrogen and oxygen atoms in total. The van der Waals surface area contributed by atoms with E-state index in [1.54, 1.807) is 23.5 Å². The van der Waals surface area contributed by atoms with Crippen molar-refractivity contribution in [3.05, 3.63) is 74.5 Å². The number of hydrogen-bond acceptors (Lipinski definition) is 6. The number of hydrogen-bond donors (Lipinski definition) is 1. The van der Waals surface area contributed by atoms with Crippen molar-refractivity contribution >= 4 is 32.9 Å². The van der Waals surface area contributed by atoms with Crippen LogP contribution < -0.4 is 5.56 Å². The van der Waals surface area contributed by atoms with E-state index >= 15 is 0 Å². The van der Waals surface area contributed by atoms with E-state index in [9.17, 15) is 14.3 Å². The van der Waals surface area contributed by atoms with Gasteiger partial charge in [0.2, 0.25) is 0 Å². The minimum absolute atomic E-state index is 0.0882. The van der Waals surface area contributed by atoms with Crippen LogP contribution >= 0.6 is 22.7 Å². The maximum atomic E-state index is 13.2. The highest BCUT2D eigenvalue weighted by molar-refractivity contribution is 7.17. The average Bonchev–Trinajstić information content (AvgIpc) is 3.35. The summed E-state index contributed by atoms with van der Waals surface area (Å²) in [4.78, 5) is 19.0. The molecule has 0 aliphatic heterocycles. The minimum atomic E-state index is -0.829. The van der Waals surface area contributed by atoms with Crippen molar-refractivity contribution in [3.8, 4) is 11.1 Å². The van der Waals surface area contributed by atoms with Crippen LogP contribution in [-0.4, -0.2) is 27.4 Å². The summed E-state index contributed by atoms with van der Waals surface area (Å²) in [6.07, 6.45) is 0.614. The van der Waals surface area contributed by atoms with Crippen molar-refractivity contribution in [2.45, 2.75) is 19.3 Å². The molecule has 0 saturated heterocycles. The molecular weight excluding hydrogens is 399 g/mol. The van der Waals surface area contributed by atoms with E-state index in [-0.39, 0.29) is 24.5 Å². The molecule has 0 saturated carbocycles. The Bertz CT molecular complexity index is 1120. The zero-order valence-electron chi connectivity index (χ0n) is 14.7. The van der Waals surface area contributed by atoms with E-state index in [1.165, 1.54) is 34.4 Å². The highest BCUT2D eigenvalue weighted by Gasteiger charge is 2.15. The smallest absolute Gasteiger partial charge is 0.262 e.